The van der Waals surface area contributed by atoms with E-state index in [1.165, 1.54) is 5.56 Å². The van der Waals surface area contributed by atoms with E-state index in [1.54, 1.807) is 0 Å². The molecule has 0 aliphatic carbocycles. The Hall–Kier alpha value is -0.910. The van der Waals surface area contributed by atoms with Crippen molar-refractivity contribution >= 4 is 9.84 Å². The lowest BCUT2D eigenvalue weighted by molar-refractivity contribution is 0.277. The SMILES string of the molecule is Cc1ccc(C(N)CN2CCS(=O)(=O)CC2)cc1. The Bertz CT molecular complexity index is 482. The number of rotatable bonds is 3. The van der Waals surface area contributed by atoms with Gasteiger partial charge in [0.25, 0.3) is 0 Å². The minimum Gasteiger partial charge on any atom is -0.323 e. The van der Waals surface area contributed by atoms with E-state index in [4.69, 9.17) is 5.73 Å². The van der Waals surface area contributed by atoms with Gasteiger partial charge < -0.3 is 5.73 Å². The van der Waals surface area contributed by atoms with Crippen LogP contribution in [0.15, 0.2) is 24.3 Å². The third-order valence-electron chi connectivity index (χ3n) is 3.40. The molecule has 1 saturated heterocycles. The average Bonchev–Trinajstić information content (AvgIpc) is 2.33. The second-order valence-corrected chi connectivity index (χ2v) is 7.27. The highest BCUT2D eigenvalue weighted by Crippen LogP contribution is 2.14. The lowest BCUT2D eigenvalue weighted by Crippen LogP contribution is -2.43. The summed E-state index contributed by atoms with van der Waals surface area (Å²) in [6.07, 6.45) is 0. The van der Waals surface area contributed by atoms with Crippen molar-refractivity contribution in [1.82, 2.24) is 4.90 Å². The Morgan fingerprint density at radius 1 is 1.22 bits per heavy atom. The lowest BCUT2D eigenvalue weighted by atomic mass is 10.1. The predicted octanol–water partition coefficient (Wildman–Crippen LogP) is 0.725. The number of aryl methyl sites for hydroxylation is 1. The largest absolute Gasteiger partial charge is 0.323 e. The van der Waals surface area contributed by atoms with Gasteiger partial charge in [-0.1, -0.05) is 29.8 Å². The van der Waals surface area contributed by atoms with Crippen LogP contribution in [0.2, 0.25) is 0 Å². The van der Waals surface area contributed by atoms with Crippen LogP contribution < -0.4 is 5.73 Å². The van der Waals surface area contributed by atoms with Crippen molar-refractivity contribution in [2.45, 2.75) is 13.0 Å². The summed E-state index contributed by atoms with van der Waals surface area (Å²) in [5, 5.41) is 0. The van der Waals surface area contributed by atoms with Gasteiger partial charge in [0.1, 0.15) is 0 Å². The fraction of sp³-hybridized carbons (Fsp3) is 0.538. The molecule has 18 heavy (non-hydrogen) atoms. The molecule has 1 fully saturated rings. The molecule has 0 aromatic heterocycles. The molecule has 1 aliphatic rings. The second kappa shape index (κ2) is 5.38. The highest BCUT2D eigenvalue weighted by atomic mass is 32.2. The summed E-state index contributed by atoms with van der Waals surface area (Å²) in [5.41, 5.74) is 8.48. The third kappa shape index (κ3) is 3.54. The zero-order valence-corrected chi connectivity index (χ0v) is 11.5. The van der Waals surface area contributed by atoms with Gasteiger partial charge in [-0.25, -0.2) is 8.42 Å². The molecule has 1 atom stereocenters. The van der Waals surface area contributed by atoms with Crippen LogP contribution in [-0.2, 0) is 9.84 Å². The number of nitrogens with zero attached hydrogens (tertiary/aromatic N) is 1. The quantitative estimate of drug-likeness (QED) is 0.877. The Labute approximate surface area is 109 Å². The molecule has 0 spiro atoms. The predicted molar refractivity (Wildman–Crippen MR) is 73.2 cm³/mol. The Balaban J connectivity index is 1.92. The minimum absolute atomic E-state index is 0.0496. The summed E-state index contributed by atoms with van der Waals surface area (Å²) >= 11 is 0. The lowest BCUT2D eigenvalue weighted by Gasteiger charge is -2.29. The number of nitrogens with two attached hydrogens (primary N) is 1. The van der Waals surface area contributed by atoms with Crippen molar-refractivity contribution in [3.63, 3.8) is 0 Å². The van der Waals surface area contributed by atoms with E-state index in [9.17, 15) is 8.42 Å². The number of benzene rings is 1. The van der Waals surface area contributed by atoms with Gasteiger partial charge in [-0.3, -0.25) is 4.90 Å². The van der Waals surface area contributed by atoms with E-state index >= 15 is 0 Å². The Morgan fingerprint density at radius 3 is 2.33 bits per heavy atom. The summed E-state index contributed by atoms with van der Waals surface area (Å²) in [6, 6.07) is 8.14. The topological polar surface area (TPSA) is 63.4 Å². The van der Waals surface area contributed by atoms with Crippen LogP contribution >= 0.6 is 0 Å². The van der Waals surface area contributed by atoms with Crippen molar-refractivity contribution in [3.8, 4) is 0 Å². The van der Waals surface area contributed by atoms with E-state index in [-0.39, 0.29) is 17.5 Å². The van der Waals surface area contributed by atoms with Crippen LogP contribution in [0.1, 0.15) is 17.2 Å². The van der Waals surface area contributed by atoms with Gasteiger partial charge in [0, 0.05) is 25.7 Å². The van der Waals surface area contributed by atoms with Crippen molar-refractivity contribution < 1.29 is 8.42 Å². The smallest absolute Gasteiger partial charge is 0.152 e. The van der Waals surface area contributed by atoms with Crippen LogP contribution in [0.5, 0.6) is 0 Å². The molecule has 0 saturated carbocycles. The monoisotopic (exact) mass is 268 g/mol. The molecule has 1 aromatic rings. The van der Waals surface area contributed by atoms with Crippen molar-refractivity contribution in [2.24, 2.45) is 5.73 Å². The molecule has 2 N–H and O–H groups in total. The van der Waals surface area contributed by atoms with Crippen LogP contribution in [0, 0.1) is 6.92 Å². The number of hydrogen-bond acceptors (Lipinski definition) is 4. The summed E-state index contributed by atoms with van der Waals surface area (Å²) < 4.78 is 22.7. The molecule has 1 heterocycles. The molecule has 1 aromatic carbocycles. The van der Waals surface area contributed by atoms with E-state index in [0.29, 0.717) is 13.1 Å². The second-order valence-electron chi connectivity index (χ2n) is 4.97. The first-order valence-corrected chi connectivity index (χ1v) is 8.03. The first-order valence-electron chi connectivity index (χ1n) is 6.21. The van der Waals surface area contributed by atoms with Gasteiger partial charge >= 0.3 is 0 Å². The molecule has 1 unspecified atom stereocenters. The normalized spacial score (nSPS) is 21.7. The van der Waals surface area contributed by atoms with Gasteiger partial charge in [-0.2, -0.15) is 0 Å². The maximum atomic E-state index is 11.3. The number of sulfone groups is 1. The third-order valence-corrected chi connectivity index (χ3v) is 5.01. The van der Waals surface area contributed by atoms with Gasteiger partial charge in [0.2, 0.25) is 0 Å². The molecule has 1 aliphatic heterocycles. The highest BCUT2D eigenvalue weighted by Gasteiger charge is 2.22. The summed E-state index contributed by atoms with van der Waals surface area (Å²) in [4.78, 5) is 2.13. The average molecular weight is 268 g/mol. The maximum absolute atomic E-state index is 11.3. The molecule has 4 nitrogen and oxygen atoms in total. The van der Waals surface area contributed by atoms with E-state index in [0.717, 1.165) is 12.1 Å². The molecule has 2 rings (SSSR count). The highest BCUT2D eigenvalue weighted by molar-refractivity contribution is 7.91. The Morgan fingerprint density at radius 2 is 1.78 bits per heavy atom. The fourth-order valence-electron chi connectivity index (χ4n) is 2.13. The molecular weight excluding hydrogens is 248 g/mol. The molecule has 0 amide bonds. The van der Waals surface area contributed by atoms with Crippen molar-refractivity contribution in [3.05, 3.63) is 35.4 Å². The van der Waals surface area contributed by atoms with Gasteiger partial charge in [-0.15, -0.1) is 0 Å². The van der Waals surface area contributed by atoms with E-state index in [2.05, 4.69) is 17.0 Å². The van der Waals surface area contributed by atoms with E-state index < -0.39 is 9.84 Å². The van der Waals surface area contributed by atoms with Crippen molar-refractivity contribution in [1.29, 1.82) is 0 Å². The first-order chi connectivity index (χ1) is 8.46. The van der Waals surface area contributed by atoms with E-state index in [1.807, 2.05) is 19.1 Å². The molecule has 0 radical (unpaired) electrons. The van der Waals surface area contributed by atoms with Crippen LogP contribution in [0.4, 0.5) is 0 Å². The number of hydrogen-bond donors (Lipinski definition) is 1. The summed E-state index contributed by atoms with van der Waals surface area (Å²) in [5.74, 6) is 0.515. The fourth-order valence-corrected chi connectivity index (χ4v) is 3.41. The zero-order valence-electron chi connectivity index (χ0n) is 10.7. The zero-order chi connectivity index (χ0) is 13.2. The van der Waals surface area contributed by atoms with Crippen LogP contribution in [-0.4, -0.2) is 44.5 Å². The molecular formula is C13H20N2O2S. The van der Waals surface area contributed by atoms with Crippen LogP contribution in [0.3, 0.4) is 0 Å². The summed E-state index contributed by atoms with van der Waals surface area (Å²) in [6.45, 7) is 3.97. The van der Waals surface area contributed by atoms with Crippen LogP contribution in [0.25, 0.3) is 0 Å². The van der Waals surface area contributed by atoms with Gasteiger partial charge in [-0.05, 0) is 12.5 Å². The summed E-state index contributed by atoms with van der Waals surface area (Å²) in [7, 11) is -2.80. The standard InChI is InChI=1S/C13H20N2O2S/c1-11-2-4-12(5-3-11)13(14)10-15-6-8-18(16,17)9-7-15/h2-5,13H,6-10,14H2,1H3. The van der Waals surface area contributed by atoms with Gasteiger partial charge in [0.15, 0.2) is 9.84 Å². The molecule has 5 heteroatoms. The Kier molecular flexibility index (Phi) is 4.04. The minimum atomic E-state index is -2.80. The molecule has 100 valence electrons. The van der Waals surface area contributed by atoms with Gasteiger partial charge in [0.05, 0.1) is 11.5 Å². The maximum Gasteiger partial charge on any atom is 0.152 e. The first kappa shape index (κ1) is 13.5. The van der Waals surface area contributed by atoms with Crippen molar-refractivity contribution in [2.75, 3.05) is 31.1 Å². The molecule has 0 bridgehead atoms.